The third-order valence-electron chi connectivity index (χ3n) is 5.49. The second kappa shape index (κ2) is 8.59. The minimum Gasteiger partial charge on any atom is -0.379 e. The molecule has 0 bridgehead atoms. The van der Waals surface area contributed by atoms with E-state index in [9.17, 15) is 18.0 Å². The van der Waals surface area contributed by atoms with Crippen molar-refractivity contribution in [2.75, 3.05) is 32.8 Å². The lowest BCUT2D eigenvalue weighted by atomic mass is 9.99. The first-order valence-corrected chi connectivity index (χ1v) is 9.67. The monoisotopic (exact) mass is 409 g/mol. The van der Waals surface area contributed by atoms with Crippen molar-refractivity contribution < 1.29 is 22.7 Å². The predicted molar refractivity (Wildman–Crippen MR) is 105 cm³/mol. The summed E-state index contributed by atoms with van der Waals surface area (Å²) in [7, 11) is 0. The van der Waals surface area contributed by atoms with Gasteiger partial charge >= 0.3 is 6.18 Å². The summed E-state index contributed by atoms with van der Waals surface area (Å²) in [5.41, 5.74) is 8.01. The Kier molecular flexibility index (Phi) is 6.33. The van der Waals surface area contributed by atoms with Crippen LogP contribution in [0.3, 0.4) is 0 Å². The van der Waals surface area contributed by atoms with Gasteiger partial charge in [0.25, 0.3) is 5.91 Å². The number of morpholine rings is 1. The first kappa shape index (κ1) is 21.4. The fourth-order valence-electron chi connectivity index (χ4n) is 3.98. The van der Waals surface area contributed by atoms with E-state index < -0.39 is 17.6 Å². The molecule has 5 nitrogen and oxygen atoms in total. The number of amides is 1. The normalized spacial score (nSPS) is 15.6. The Morgan fingerprint density at radius 3 is 2.24 bits per heavy atom. The number of benzene rings is 1. The summed E-state index contributed by atoms with van der Waals surface area (Å²) in [6.07, 6.45) is -3.51. The molecule has 1 aliphatic heterocycles. The molecule has 1 saturated heterocycles. The standard InChI is InChI=1S/C21H26F3N3O2/c1-14-18(16-4-6-17(7-5-16)21(22,23)24)19(20(25)28)15(2)27(14)9-3-8-26-10-12-29-13-11-26/h4-7H,3,8-13H2,1-2H3,(H2,25,28). The average molecular weight is 409 g/mol. The number of primary amides is 1. The van der Waals surface area contributed by atoms with E-state index in [4.69, 9.17) is 10.5 Å². The Hall–Kier alpha value is -2.32. The van der Waals surface area contributed by atoms with Crippen LogP contribution < -0.4 is 5.73 Å². The Labute approximate surface area is 168 Å². The van der Waals surface area contributed by atoms with Gasteiger partial charge in [-0.05, 0) is 38.0 Å². The molecule has 0 atom stereocenters. The van der Waals surface area contributed by atoms with E-state index in [1.807, 2.05) is 18.4 Å². The number of alkyl halides is 3. The molecule has 2 N–H and O–H groups in total. The zero-order valence-corrected chi connectivity index (χ0v) is 16.7. The summed E-state index contributed by atoms with van der Waals surface area (Å²) in [5, 5.41) is 0. The highest BCUT2D eigenvalue weighted by molar-refractivity contribution is 6.02. The fourth-order valence-corrected chi connectivity index (χ4v) is 3.98. The zero-order valence-electron chi connectivity index (χ0n) is 16.7. The molecule has 3 rings (SSSR count). The van der Waals surface area contributed by atoms with Gasteiger partial charge < -0.3 is 15.0 Å². The number of carbonyl (C=O) groups excluding carboxylic acids is 1. The summed E-state index contributed by atoms with van der Waals surface area (Å²) < 4.78 is 46.0. The topological polar surface area (TPSA) is 60.5 Å². The van der Waals surface area contributed by atoms with Gasteiger partial charge in [0.05, 0.1) is 24.3 Å². The van der Waals surface area contributed by atoms with Gasteiger partial charge in [-0.15, -0.1) is 0 Å². The molecule has 1 fully saturated rings. The summed E-state index contributed by atoms with van der Waals surface area (Å²) in [5.74, 6) is -0.576. The maximum atomic E-state index is 12.9. The maximum Gasteiger partial charge on any atom is 0.416 e. The molecule has 2 aromatic rings. The van der Waals surface area contributed by atoms with Gasteiger partial charge in [0.1, 0.15) is 0 Å². The van der Waals surface area contributed by atoms with Crippen LogP contribution in [0.1, 0.15) is 33.7 Å². The van der Waals surface area contributed by atoms with Crippen LogP contribution in [-0.2, 0) is 17.5 Å². The van der Waals surface area contributed by atoms with Crippen LogP contribution in [0.25, 0.3) is 11.1 Å². The number of aromatic nitrogens is 1. The van der Waals surface area contributed by atoms with Crippen molar-refractivity contribution in [3.05, 3.63) is 46.8 Å². The van der Waals surface area contributed by atoms with Crippen molar-refractivity contribution in [2.45, 2.75) is 33.0 Å². The third-order valence-corrected chi connectivity index (χ3v) is 5.49. The number of carbonyl (C=O) groups is 1. The molecule has 2 heterocycles. The van der Waals surface area contributed by atoms with Crippen molar-refractivity contribution in [3.8, 4) is 11.1 Å². The molecule has 1 amide bonds. The van der Waals surface area contributed by atoms with E-state index in [1.54, 1.807) is 0 Å². The average Bonchev–Trinajstić information content (AvgIpc) is 2.93. The van der Waals surface area contributed by atoms with Gasteiger partial charge in [-0.25, -0.2) is 0 Å². The number of hydrogen-bond donors (Lipinski definition) is 1. The molecule has 8 heteroatoms. The highest BCUT2D eigenvalue weighted by atomic mass is 19.4. The van der Waals surface area contributed by atoms with Gasteiger partial charge in [0.2, 0.25) is 0 Å². The zero-order chi connectivity index (χ0) is 21.2. The number of halogens is 3. The van der Waals surface area contributed by atoms with E-state index >= 15 is 0 Å². The first-order chi connectivity index (χ1) is 13.7. The van der Waals surface area contributed by atoms with Gasteiger partial charge in [0, 0.05) is 43.1 Å². The van der Waals surface area contributed by atoms with Crippen molar-refractivity contribution in [2.24, 2.45) is 5.73 Å². The molecular formula is C21H26F3N3O2. The first-order valence-electron chi connectivity index (χ1n) is 9.67. The molecule has 1 aromatic carbocycles. The molecule has 0 radical (unpaired) electrons. The van der Waals surface area contributed by atoms with Crippen LogP contribution in [0, 0.1) is 13.8 Å². The maximum absolute atomic E-state index is 12.9. The van der Waals surface area contributed by atoms with Crippen LogP contribution in [0.2, 0.25) is 0 Å². The predicted octanol–water partition coefficient (Wildman–Crippen LogP) is 3.61. The SMILES string of the molecule is Cc1c(C(N)=O)c(-c2ccc(C(F)(F)F)cc2)c(C)n1CCCN1CCOCC1. The lowest BCUT2D eigenvalue weighted by Crippen LogP contribution is -2.37. The van der Waals surface area contributed by atoms with Crippen LogP contribution >= 0.6 is 0 Å². The number of rotatable bonds is 6. The summed E-state index contributed by atoms with van der Waals surface area (Å²) in [6, 6.07) is 4.86. The minimum absolute atomic E-state index is 0.369. The number of hydrogen-bond acceptors (Lipinski definition) is 3. The van der Waals surface area contributed by atoms with E-state index in [-0.39, 0.29) is 0 Å². The highest BCUT2D eigenvalue weighted by Crippen LogP contribution is 2.35. The lowest BCUT2D eigenvalue weighted by molar-refractivity contribution is -0.137. The molecule has 1 aromatic heterocycles. The molecular weight excluding hydrogens is 383 g/mol. The van der Waals surface area contributed by atoms with Crippen molar-refractivity contribution in [3.63, 3.8) is 0 Å². The third kappa shape index (κ3) is 4.64. The van der Waals surface area contributed by atoms with Gasteiger partial charge in [0.15, 0.2) is 0 Å². The molecule has 158 valence electrons. The van der Waals surface area contributed by atoms with Gasteiger partial charge in [-0.2, -0.15) is 13.2 Å². The fraction of sp³-hybridized carbons (Fsp3) is 0.476. The quantitative estimate of drug-likeness (QED) is 0.793. The van der Waals surface area contributed by atoms with Crippen LogP contribution in [0.15, 0.2) is 24.3 Å². The van der Waals surface area contributed by atoms with Crippen LogP contribution in [-0.4, -0.2) is 48.2 Å². The van der Waals surface area contributed by atoms with E-state index in [0.717, 1.165) is 62.8 Å². The van der Waals surface area contributed by atoms with Crippen molar-refractivity contribution >= 4 is 5.91 Å². The highest BCUT2D eigenvalue weighted by Gasteiger charge is 2.30. The minimum atomic E-state index is -4.40. The van der Waals surface area contributed by atoms with Crippen molar-refractivity contribution in [1.29, 1.82) is 0 Å². The second-order valence-corrected chi connectivity index (χ2v) is 7.32. The molecule has 0 spiro atoms. The summed E-state index contributed by atoms with van der Waals surface area (Å²) in [4.78, 5) is 14.5. The number of nitrogens with zero attached hydrogens (tertiary/aromatic N) is 2. The Bertz CT molecular complexity index is 867. The van der Waals surface area contributed by atoms with Gasteiger partial charge in [-0.1, -0.05) is 12.1 Å². The smallest absolute Gasteiger partial charge is 0.379 e. The molecule has 0 aliphatic carbocycles. The van der Waals surface area contributed by atoms with E-state index in [1.165, 1.54) is 12.1 Å². The van der Waals surface area contributed by atoms with Crippen LogP contribution in [0.5, 0.6) is 0 Å². The number of ether oxygens (including phenoxy) is 1. The molecule has 0 saturated carbocycles. The van der Waals surface area contributed by atoms with E-state index in [0.29, 0.717) is 23.2 Å². The number of nitrogens with two attached hydrogens (primary N) is 1. The van der Waals surface area contributed by atoms with Crippen molar-refractivity contribution in [1.82, 2.24) is 9.47 Å². The Morgan fingerprint density at radius 1 is 1.07 bits per heavy atom. The summed E-state index contributed by atoms with van der Waals surface area (Å²) in [6.45, 7) is 8.63. The lowest BCUT2D eigenvalue weighted by Gasteiger charge is -2.26. The molecule has 29 heavy (non-hydrogen) atoms. The molecule has 1 aliphatic rings. The second-order valence-electron chi connectivity index (χ2n) is 7.32. The van der Waals surface area contributed by atoms with Gasteiger partial charge in [-0.3, -0.25) is 9.69 Å². The molecule has 0 unspecified atom stereocenters. The van der Waals surface area contributed by atoms with E-state index in [2.05, 4.69) is 4.90 Å². The summed E-state index contributed by atoms with van der Waals surface area (Å²) >= 11 is 0. The Morgan fingerprint density at radius 2 is 1.69 bits per heavy atom. The Balaban J connectivity index is 1.87. The van der Waals surface area contributed by atoms with Crippen LogP contribution in [0.4, 0.5) is 13.2 Å². The largest absolute Gasteiger partial charge is 0.416 e.